The molecule has 0 radical (unpaired) electrons. The summed E-state index contributed by atoms with van der Waals surface area (Å²) in [6, 6.07) is 7.91. The number of pyridine rings is 1. The van der Waals surface area contributed by atoms with Crippen LogP contribution in [0.3, 0.4) is 0 Å². The van der Waals surface area contributed by atoms with Crippen molar-refractivity contribution in [3.8, 4) is 0 Å². The predicted molar refractivity (Wildman–Crippen MR) is 81.6 cm³/mol. The Morgan fingerprint density at radius 3 is 3.00 bits per heavy atom. The Labute approximate surface area is 117 Å². The third-order valence-corrected chi connectivity index (χ3v) is 3.29. The number of nitrogens with zero attached hydrogens (tertiary/aromatic N) is 3. The summed E-state index contributed by atoms with van der Waals surface area (Å²) in [5.41, 5.74) is 8.81. The van der Waals surface area contributed by atoms with Crippen molar-refractivity contribution in [1.82, 2.24) is 14.8 Å². The molecule has 3 N–H and O–H groups in total. The van der Waals surface area contributed by atoms with E-state index in [2.05, 4.69) is 21.5 Å². The molecule has 0 aliphatic heterocycles. The van der Waals surface area contributed by atoms with Crippen LogP contribution in [0.5, 0.6) is 0 Å². The summed E-state index contributed by atoms with van der Waals surface area (Å²) < 4.78 is 1.90. The lowest BCUT2D eigenvalue weighted by Gasteiger charge is -2.12. The first kappa shape index (κ1) is 12.5. The molecule has 2 aromatic heterocycles. The maximum absolute atomic E-state index is 6.00. The van der Waals surface area contributed by atoms with Gasteiger partial charge in [0.15, 0.2) is 0 Å². The van der Waals surface area contributed by atoms with Gasteiger partial charge < -0.3 is 11.1 Å². The van der Waals surface area contributed by atoms with Crippen LogP contribution in [-0.2, 0) is 6.54 Å². The van der Waals surface area contributed by atoms with E-state index in [-0.39, 0.29) is 0 Å². The lowest BCUT2D eigenvalue weighted by molar-refractivity contribution is 0.638. The number of fused-ring (bicyclic) bond motifs is 1. The molecule has 5 nitrogen and oxygen atoms in total. The minimum atomic E-state index is 0.755. The second kappa shape index (κ2) is 5.21. The van der Waals surface area contributed by atoms with E-state index in [1.54, 1.807) is 6.20 Å². The predicted octanol–water partition coefficient (Wildman–Crippen LogP) is 2.43. The van der Waals surface area contributed by atoms with E-state index in [0.29, 0.717) is 0 Å². The Bertz CT molecular complexity index is 718. The first-order valence-corrected chi connectivity index (χ1v) is 6.60. The van der Waals surface area contributed by atoms with E-state index in [1.165, 1.54) is 0 Å². The number of benzene rings is 1. The van der Waals surface area contributed by atoms with Crippen LogP contribution < -0.4 is 11.1 Å². The molecule has 0 aliphatic rings. The average molecular weight is 267 g/mol. The van der Waals surface area contributed by atoms with Gasteiger partial charge in [-0.3, -0.25) is 9.67 Å². The summed E-state index contributed by atoms with van der Waals surface area (Å²) in [4.78, 5) is 4.31. The van der Waals surface area contributed by atoms with Crippen LogP contribution >= 0.6 is 0 Å². The molecule has 0 saturated heterocycles. The summed E-state index contributed by atoms with van der Waals surface area (Å²) in [7, 11) is 0. The second-order valence-electron chi connectivity index (χ2n) is 4.77. The van der Waals surface area contributed by atoms with Gasteiger partial charge in [0.05, 0.1) is 6.54 Å². The van der Waals surface area contributed by atoms with Crippen LogP contribution in [0.2, 0.25) is 0 Å². The minimum Gasteiger partial charge on any atom is -0.398 e. The molecule has 3 aromatic rings. The summed E-state index contributed by atoms with van der Waals surface area (Å²) >= 11 is 0. The highest BCUT2D eigenvalue weighted by atomic mass is 15.3. The molecule has 0 bridgehead atoms. The van der Waals surface area contributed by atoms with Gasteiger partial charge in [-0.2, -0.15) is 5.10 Å². The maximum Gasteiger partial charge on any atom is 0.0582 e. The van der Waals surface area contributed by atoms with Gasteiger partial charge >= 0.3 is 0 Å². The highest BCUT2D eigenvalue weighted by Crippen LogP contribution is 2.28. The quantitative estimate of drug-likeness (QED) is 0.712. The molecule has 0 saturated carbocycles. The Morgan fingerprint density at radius 1 is 1.30 bits per heavy atom. The van der Waals surface area contributed by atoms with Crippen LogP contribution in [0.25, 0.3) is 10.8 Å². The molecule has 1 aromatic carbocycles. The van der Waals surface area contributed by atoms with Gasteiger partial charge in [0.2, 0.25) is 0 Å². The van der Waals surface area contributed by atoms with Gasteiger partial charge in [0.1, 0.15) is 0 Å². The number of hydrogen-bond acceptors (Lipinski definition) is 4. The fourth-order valence-corrected chi connectivity index (χ4v) is 2.26. The van der Waals surface area contributed by atoms with Crippen molar-refractivity contribution >= 4 is 22.1 Å². The van der Waals surface area contributed by atoms with Gasteiger partial charge in [0.25, 0.3) is 0 Å². The zero-order chi connectivity index (χ0) is 13.9. The van der Waals surface area contributed by atoms with Gasteiger partial charge in [-0.25, -0.2) is 0 Å². The number of aromatic nitrogens is 3. The van der Waals surface area contributed by atoms with E-state index in [9.17, 15) is 0 Å². The molecule has 0 amide bonds. The average Bonchev–Trinajstić information content (AvgIpc) is 2.94. The van der Waals surface area contributed by atoms with Gasteiger partial charge in [0, 0.05) is 53.0 Å². The van der Waals surface area contributed by atoms with E-state index in [1.807, 2.05) is 42.2 Å². The smallest absolute Gasteiger partial charge is 0.0582 e. The standard InChI is InChI=1S/C15H17N5/c1-11-9-12-13(10-18-11)14(16)3-4-15(12)17-6-8-20-7-2-5-19-20/h2-5,7,9-10,17H,6,8,16H2,1H3. The summed E-state index contributed by atoms with van der Waals surface area (Å²) in [6.07, 6.45) is 5.57. The van der Waals surface area contributed by atoms with Crippen molar-refractivity contribution in [2.75, 3.05) is 17.6 Å². The number of nitrogen functional groups attached to an aromatic ring is 1. The van der Waals surface area contributed by atoms with Crippen molar-refractivity contribution in [3.05, 3.63) is 48.5 Å². The highest BCUT2D eigenvalue weighted by Gasteiger charge is 2.05. The fraction of sp³-hybridized carbons (Fsp3) is 0.200. The van der Waals surface area contributed by atoms with E-state index < -0.39 is 0 Å². The summed E-state index contributed by atoms with van der Waals surface area (Å²) in [6.45, 7) is 3.61. The lowest BCUT2D eigenvalue weighted by atomic mass is 10.1. The zero-order valence-electron chi connectivity index (χ0n) is 11.4. The van der Waals surface area contributed by atoms with Crippen LogP contribution in [-0.4, -0.2) is 21.3 Å². The molecule has 0 fully saturated rings. The number of nitrogens with one attached hydrogen (secondary N) is 1. The third-order valence-electron chi connectivity index (χ3n) is 3.29. The van der Waals surface area contributed by atoms with E-state index in [4.69, 9.17) is 5.73 Å². The Morgan fingerprint density at radius 2 is 2.20 bits per heavy atom. The van der Waals surface area contributed by atoms with Crippen molar-refractivity contribution in [2.45, 2.75) is 13.5 Å². The van der Waals surface area contributed by atoms with Crippen LogP contribution in [0, 0.1) is 6.92 Å². The van der Waals surface area contributed by atoms with Gasteiger partial charge in [-0.15, -0.1) is 0 Å². The number of aryl methyl sites for hydroxylation is 1. The maximum atomic E-state index is 6.00. The largest absolute Gasteiger partial charge is 0.398 e. The Balaban J connectivity index is 1.84. The summed E-state index contributed by atoms with van der Waals surface area (Å²) in [5.74, 6) is 0. The van der Waals surface area contributed by atoms with Crippen molar-refractivity contribution in [3.63, 3.8) is 0 Å². The molecule has 20 heavy (non-hydrogen) atoms. The van der Waals surface area contributed by atoms with Crippen LogP contribution in [0.1, 0.15) is 5.69 Å². The molecule has 102 valence electrons. The molecule has 5 heteroatoms. The molecule has 0 spiro atoms. The first-order valence-electron chi connectivity index (χ1n) is 6.60. The lowest BCUT2D eigenvalue weighted by Crippen LogP contribution is -2.11. The zero-order valence-corrected chi connectivity index (χ0v) is 11.4. The highest BCUT2D eigenvalue weighted by molar-refractivity contribution is 6.00. The SMILES string of the molecule is Cc1cc2c(NCCn3cccn3)ccc(N)c2cn1. The molecular weight excluding hydrogens is 250 g/mol. The third kappa shape index (κ3) is 2.42. The molecular formula is C15H17N5. The second-order valence-corrected chi connectivity index (χ2v) is 4.77. The monoisotopic (exact) mass is 267 g/mol. The Kier molecular flexibility index (Phi) is 3.25. The molecule has 3 rings (SSSR count). The van der Waals surface area contributed by atoms with Crippen LogP contribution in [0.4, 0.5) is 11.4 Å². The number of hydrogen-bond donors (Lipinski definition) is 2. The fourth-order valence-electron chi connectivity index (χ4n) is 2.26. The topological polar surface area (TPSA) is 68.8 Å². The molecule has 0 unspecified atom stereocenters. The first-order chi connectivity index (χ1) is 9.74. The normalized spacial score (nSPS) is 10.8. The van der Waals surface area contributed by atoms with E-state index in [0.717, 1.165) is 40.9 Å². The molecule has 0 aliphatic carbocycles. The van der Waals surface area contributed by atoms with E-state index >= 15 is 0 Å². The number of nitrogens with two attached hydrogens (primary N) is 1. The van der Waals surface area contributed by atoms with Crippen molar-refractivity contribution < 1.29 is 0 Å². The van der Waals surface area contributed by atoms with Crippen molar-refractivity contribution in [1.29, 1.82) is 0 Å². The van der Waals surface area contributed by atoms with Gasteiger partial charge in [-0.05, 0) is 31.2 Å². The van der Waals surface area contributed by atoms with Gasteiger partial charge in [-0.1, -0.05) is 0 Å². The van der Waals surface area contributed by atoms with Crippen molar-refractivity contribution in [2.24, 2.45) is 0 Å². The van der Waals surface area contributed by atoms with Crippen LogP contribution in [0.15, 0.2) is 42.9 Å². The molecule has 2 heterocycles. The number of rotatable bonds is 4. The summed E-state index contributed by atoms with van der Waals surface area (Å²) in [5, 5.41) is 9.72. The Hall–Kier alpha value is -2.56. The number of anilines is 2. The molecule has 0 atom stereocenters. The minimum absolute atomic E-state index is 0.755.